The van der Waals surface area contributed by atoms with E-state index < -0.39 is 0 Å². The molecule has 17 valence electrons. The van der Waals surface area contributed by atoms with Gasteiger partial charge in [-0.05, 0) is 0 Å². The monoisotopic (exact) mass is 107 g/mol. The van der Waals surface area contributed by atoms with Crippen molar-refractivity contribution in [2.24, 2.45) is 0 Å². The van der Waals surface area contributed by atoms with E-state index in [1.54, 1.807) is 0 Å². The molecule has 4 heteroatoms. The second-order valence-corrected chi connectivity index (χ2v) is 0. The van der Waals surface area contributed by atoms with Crippen LogP contribution in [-0.4, -0.2) is 7.72 Å². The Morgan fingerprint density at radius 2 is 1.25 bits per heavy atom. The summed E-state index contributed by atoms with van der Waals surface area (Å²) in [7, 11) is 3.25. The molecule has 0 rings (SSSR count). The van der Waals surface area contributed by atoms with E-state index in [1.165, 1.54) is 0 Å². The minimum atomic E-state index is 0. The fraction of sp³-hybridized carbons (Fsp3) is 0. The third kappa shape index (κ3) is 25.6. The van der Waals surface area contributed by atoms with Crippen molar-refractivity contribution in [1.29, 1.82) is 0 Å². The van der Waals surface area contributed by atoms with E-state index >= 15 is 0 Å². The fourth-order valence-corrected chi connectivity index (χ4v) is 0. The SMILES string of the molecule is [B]=O.[O-2].[Zn+2]. The van der Waals surface area contributed by atoms with Crippen molar-refractivity contribution >= 4 is 7.72 Å². The van der Waals surface area contributed by atoms with Gasteiger partial charge < -0.3 is 5.48 Å². The summed E-state index contributed by atoms with van der Waals surface area (Å²) < 4.78 is 7.75. The molecule has 0 aromatic heterocycles. The second kappa shape index (κ2) is 103. The van der Waals surface area contributed by atoms with Gasteiger partial charge in [0, 0.05) is 0 Å². The molecule has 0 fully saturated rings. The molecule has 2 nitrogen and oxygen atoms in total. The van der Waals surface area contributed by atoms with Crippen LogP contribution in [-0.2, 0) is 29.7 Å². The summed E-state index contributed by atoms with van der Waals surface area (Å²) in [6, 6.07) is 0. The van der Waals surface area contributed by atoms with Gasteiger partial charge in [-0.2, -0.15) is 0 Å². The zero-order valence-electron chi connectivity index (χ0n) is 2.10. The summed E-state index contributed by atoms with van der Waals surface area (Å²) in [5, 5.41) is 0. The first-order chi connectivity index (χ1) is 1.00. The summed E-state index contributed by atoms with van der Waals surface area (Å²) in [4.78, 5) is 0. The maximum absolute atomic E-state index is 7.75. The van der Waals surface area contributed by atoms with Crippen LogP contribution in [0.25, 0.3) is 0 Å². The molecule has 0 N–H and O–H groups in total. The van der Waals surface area contributed by atoms with E-state index in [2.05, 4.69) is 7.72 Å². The molecule has 0 aromatic rings. The average Bonchev–Trinajstić information content (AvgIpc) is 1.00. The van der Waals surface area contributed by atoms with E-state index in [9.17, 15) is 0 Å². The van der Waals surface area contributed by atoms with Crippen LogP contribution in [0.5, 0.6) is 0 Å². The van der Waals surface area contributed by atoms with Crippen LogP contribution in [0.3, 0.4) is 0 Å². The average molecular weight is 108 g/mol. The van der Waals surface area contributed by atoms with Gasteiger partial charge in [-0.3, -0.25) is 0 Å². The molecule has 0 saturated heterocycles. The Kier molecular flexibility index (Phi) is 648. The largest absolute Gasteiger partial charge is 2.00 e. The number of hydrogen-bond donors (Lipinski definition) is 0. The summed E-state index contributed by atoms with van der Waals surface area (Å²) in [6.45, 7) is 0. The predicted octanol–water partition coefficient (Wildman–Crippen LogP) is -0.621. The molecule has 0 aliphatic carbocycles. The molecule has 0 aliphatic heterocycles. The van der Waals surface area contributed by atoms with E-state index in [4.69, 9.17) is 4.70 Å². The van der Waals surface area contributed by atoms with Crippen molar-refractivity contribution < 1.29 is 29.7 Å². The van der Waals surface area contributed by atoms with Gasteiger partial charge in [0.1, 0.15) is 0 Å². The van der Waals surface area contributed by atoms with E-state index in [-0.39, 0.29) is 25.0 Å². The summed E-state index contributed by atoms with van der Waals surface area (Å²) in [6.07, 6.45) is 0. The molecule has 0 heterocycles. The quantitative estimate of drug-likeness (QED) is 0.381. The molecular formula is BO2Zn. The van der Waals surface area contributed by atoms with Gasteiger partial charge >= 0.3 is 31.9 Å². The van der Waals surface area contributed by atoms with Crippen molar-refractivity contribution in [2.45, 2.75) is 0 Å². The van der Waals surface area contributed by atoms with Crippen molar-refractivity contribution in [3.63, 3.8) is 0 Å². The minimum Gasteiger partial charge on any atom is -2.00 e. The first kappa shape index (κ1) is 25.2. The molecule has 1 radical (unpaired) electrons. The summed E-state index contributed by atoms with van der Waals surface area (Å²) >= 11 is 0. The van der Waals surface area contributed by atoms with E-state index in [1.807, 2.05) is 0 Å². The van der Waals surface area contributed by atoms with Crippen LogP contribution in [0.2, 0.25) is 0 Å². The van der Waals surface area contributed by atoms with Crippen LogP contribution in [0, 0.1) is 0 Å². The van der Waals surface area contributed by atoms with Crippen LogP contribution in [0.15, 0.2) is 0 Å². The molecule has 0 aliphatic rings. The topological polar surface area (TPSA) is 45.6 Å². The van der Waals surface area contributed by atoms with Gasteiger partial charge in [-0.25, -0.2) is 0 Å². The maximum atomic E-state index is 7.75. The molecule has 0 aromatic carbocycles. The molecule has 4 heavy (non-hydrogen) atoms. The molecule has 0 unspecified atom stereocenters. The molecule has 0 spiro atoms. The number of hydrogen-bond acceptors (Lipinski definition) is 1. The molecule has 0 bridgehead atoms. The van der Waals surface area contributed by atoms with Gasteiger partial charge in [0.15, 0.2) is 0 Å². The normalized spacial score (nSPS) is 0.750. The van der Waals surface area contributed by atoms with Crippen LogP contribution >= 0.6 is 0 Å². The molecule has 0 atom stereocenters. The van der Waals surface area contributed by atoms with E-state index in [0.717, 1.165) is 0 Å². The van der Waals surface area contributed by atoms with Gasteiger partial charge in [0.25, 0.3) is 0 Å². The van der Waals surface area contributed by atoms with Gasteiger partial charge in [0.05, 0.1) is 0 Å². The first-order valence-corrected chi connectivity index (χ1v) is 0.236. The van der Waals surface area contributed by atoms with Crippen molar-refractivity contribution in [3.05, 3.63) is 0 Å². The van der Waals surface area contributed by atoms with Gasteiger partial charge in [0.2, 0.25) is 0 Å². The van der Waals surface area contributed by atoms with Crippen LogP contribution in [0.1, 0.15) is 0 Å². The van der Waals surface area contributed by atoms with Crippen molar-refractivity contribution in [1.82, 2.24) is 0 Å². The van der Waals surface area contributed by atoms with Gasteiger partial charge in [-0.1, -0.05) is 0 Å². The third-order valence-electron chi connectivity index (χ3n) is 0. The maximum Gasteiger partial charge on any atom is 2.00 e. The zero-order valence-corrected chi connectivity index (χ0v) is 5.07. The standard InChI is InChI=1S/BO.O.Zn/c1-2;;/q;-2;+2. The summed E-state index contributed by atoms with van der Waals surface area (Å²) in [5.41, 5.74) is 0. The van der Waals surface area contributed by atoms with Gasteiger partial charge in [-0.15, -0.1) is 0 Å². The summed E-state index contributed by atoms with van der Waals surface area (Å²) in [5.74, 6) is 0. The smallest absolute Gasteiger partial charge is 2.00 e. The second-order valence-electron chi connectivity index (χ2n) is 0. The minimum absolute atomic E-state index is 0. The Labute approximate surface area is 38.1 Å². The fourth-order valence-electron chi connectivity index (χ4n) is 0. The first-order valence-electron chi connectivity index (χ1n) is 0.236. The Hall–Kier alpha value is 0.448. The third-order valence-corrected chi connectivity index (χ3v) is 0. The van der Waals surface area contributed by atoms with Crippen molar-refractivity contribution in [3.8, 4) is 0 Å². The van der Waals surface area contributed by atoms with Crippen LogP contribution < -0.4 is 0 Å². The van der Waals surface area contributed by atoms with Crippen molar-refractivity contribution in [2.75, 3.05) is 0 Å². The Morgan fingerprint density at radius 3 is 1.25 bits per heavy atom. The zero-order chi connectivity index (χ0) is 2.00. The molecular weight excluding hydrogens is 108 g/mol. The Balaban J connectivity index is -0.00000000500. The predicted molar refractivity (Wildman–Crippen MR) is 7.13 cm³/mol. The number of rotatable bonds is 0. The molecule has 0 saturated carbocycles. The molecule has 0 amide bonds. The van der Waals surface area contributed by atoms with E-state index in [0.29, 0.717) is 0 Å². The Bertz CT molecular complexity index is 6.00. The van der Waals surface area contributed by atoms with Crippen LogP contribution in [0.4, 0.5) is 0 Å². The Morgan fingerprint density at radius 1 is 1.25 bits per heavy atom.